The van der Waals surface area contributed by atoms with E-state index in [-0.39, 0.29) is 5.91 Å². The van der Waals surface area contributed by atoms with Crippen molar-refractivity contribution in [2.75, 3.05) is 41.3 Å². The molecule has 0 radical (unpaired) electrons. The van der Waals surface area contributed by atoms with Gasteiger partial charge in [-0.1, -0.05) is 19.9 Å². The average Bonchev–Trinajstić information content (AvgIpc) is 3.20. The smallest absolute Gasteiger partial charge is 0.267 e. The highest BCUT2D eigenvalue weighted by atomic mass is 32.1. The molecule has 1 saturated heterocycles. The van der Waals surface area contributed by atoms with E-state index < -0.39 is 0 Å². The van der Waals surface area contributed by atoms with E-state index in [1.165, 1.54) is 16.9 Å². The van der Waals surface area contributed by atoms with Gasteiger partial charge in [-0.2, -0.15) is 0 Å². The van der Waals surface area contributed by atoms with Crippen LogP contribution in [0.2, 0.25) is 0 Å². The number of carbonyl (C=O) groups is 1. The fourth-order valence-electron chi connectivity index (χ4n) is 3.61. The quantitative estimate of drug-likeness (QED) is 0.671. The predicted octanol–water partition coefficient (Wildman–Crippen LogP) is 3.94. The number of hydrogen-bond acceptors (Lipinski definition) is 7. The van der Waals surface area contributed by atoms with Crippen molar-refractivity contribution < 1.29 is 4.79 Å². The Hall–Kier alpha value is -3.00. The summed E-state index contributed by atoms with van der Waals surface area (Å²) < 4.78 is 0. The second kappa shape index (κ2) is 8.79. The molecule has 0 bridgehead atoms. The van der Waals surface area contributed by atoms with Gasteiger partial charge >= 0.3 is 0 Å². The molecule has 1 amide bonds. The van der Waals surface area contributed by atoms with Gasteiger partial charge < -0.3 is 15.1 Å². The largest absolute Gasteiger partial charge is 0.366 e. The van der Waals surface area contributed by atoms with Crippen LogP contribution in [-0.2, 0) is 0 Å². The minimum atomic E-state index is -0.105. The number of thiazole rings is 1. The SMILES string of the molecule is Cc1ncsc1C(=O)Nc1ccc(C(C)C)cc1N1CCN(c2cnccn2)CC1. The number of rotatable bonds is 5. The number of piperazine rings is 1. The Balaban J connectivity index is 1.56. The lowest BCUT2D eigenvalue weighted by Gasteiger charge is -2.37. The first kappa shape index (κ1) is 20.3. The number of carbonyl (C=O) groups excluding carboxylic acids is 1. The molecule has 3 heterocycles. The van der Waals surface area contributed by atoms with Crippen LogP contribution >= 0.6 is 11.3 Å². The first-order valence-corrected chi connectivity index (χ1v) is 11.0. The van der Waals surface area contributed by atoms with Crippen molar-refractivity contribution in [2.45, 2.75) is 26.7 Å². The summed E-state index contributed by atoms with van der Waals surface area (Å²) in [5, 5.41) is 3.11. The molecule has 2 aromatic heterocycles. The number of hydrogen-bond donors (Lipinski definition) is 1. The molecule has 1 fully saturated rings. The zero-order valence-electron chi connectivity index (χ0n) is 17.5. The normalized spacial score (nSPS) is 14.3. The van der Waals surface area contributed by atoms with Gasteiger partial charge in [0.15, 0.2) is 0 Å². The molecule has 4 rings (SSSR count). The molecule has 0 aliphatic carbocycles. The molecule has 3 aromatic rings. The summed E-state index contributed by atoms with van der Waals surface area (Å²) in [6, 6.07) is 6.32. The molecule has 156 valence electrons. The maximum Gasteiger partial charge on any atom is 0.267 e. The van der Waals surface area contributed by atoms with Crippen LogP contribution in [0, 0.1) is 6.92 Å². The predicted molar refractivity (Wildman–Crippen MR) is 122 cm³/mol. The zero-order valence-corrected chi connectivity index (χ0v) is 18.3. The van der Waals surface area contributed by atoms with Gasteiger partial charge in [-0.05, 0) is 30.5 Å². The third kappa shape index (κ3) is 4.28. The van der Waals surface area contributed by atoms with E-state index in [4.69, 9.17) is 0 Å². The lowest BCUT2D eigenvalue weighted by Crippen LogP contribution is -2.47. The molecule has 30 heavy (non-hydrogen) atoms. The Morgan fingerprint density at radius 2 is 1.87 bits per heavy atom. The van der Waals surface area contributed by atoms with Crippen molar-refractivity contribution in [3.05, 3.63) is 58.4 Å². The Morgan fingerprint density at radius 1 is 1.10 bits per heavy atom. The van der Waals surface area contributed by atoms with E-state index in [0.717, 1.165) is 49.1 Å². The standard InChI is InChI=1S/C22H26N6OS/c1-15(2)17-4-5-18(26-22(29)21-16(3)25-14-30-21)19(12-17)27-8-10-28(11-9-27)20-13-23-6-7-24-20/h4-7,12-15H,8-11H2,1-3H3,(H,26,29). The van der Waals surface area contributed by atoms with E-state index >= 15 is 0 Å². The van der Waals surface area contributed by atoms with Gasteiger partial charge in [0.1, 0.15) is 10.7 Å². The third-order valence-corrected chi connectivity index (χ3v) is 6.31. The number of benzene rings is 1. The van der Waals surface area contributed by atoms with E-state index in [1.807, 2.05) is 13.0 Å². The van der Waals surface area contributed by atoms with Crippen molar-refractivity contribution in [3.63, 3.8) is 0 Å². The number of nitrogens with one attached hydrogen (secondary N) is 1. The van der Waals surface area contributed by atoms with Crippen molar-refractivity contribution in [1.29, 1.82) is 0 Å². The molecular formula is C22H26N6OS. The molecule has 7 nitrogen and oxygen atoms in total. The van der Waals surface area contributed by atoms with Crippen LogP contribution in [0.1, 0.15) is 40.7 Å². The van der Waals surface area contributed by atoms with Gasteiger partial charge in [-0.15, -0.1) is 11.3 Å². The van der Waals surface area contributed by atoms with Gasteiger partial charge in [0.25, 0.3) is 5.91 Å². The minimum absolute atomic E-state index is 0.105. The van der Waals surface area contributed by atoms with Crippen molar-refractivity contribution in [3.8, 4) is 0 Å². The van der Waals surface area contributed by atoms with Crippen LogP contribution < -0.4 is 15.1 Å². The second-order valence-electron chi connectivity index (χ2n) is 7.69. The van der Waals surface area contributed by atoms with Crippen LogP contribution in [0.5, 0.6) is 0 Å². The summed E-state index contributed by atoms with van der Waals surface area (Å²) in [4.78, 5) is 30.8. The summed E-state index contributed by atoms with van der Waals surface area (Å²) in [6.07, 6.45) is 5.22. The van der Waals surface area contributed by atoms with Gasteiger partial charge in [-0.3, -0.25) is 9.78 Å². The first-order chi connectivity index (χ1) is 14.5. The second-order valence-corrected chi connectivity index (χ2v) is 8.54. The highest BCUT2D eigenvalue weighted by Crippen LogP contribution is 2.32. The maximum absolute atomic E-state index is 12.8. The monoisotopic (exact) mass is 422 g/mol. The fourth-order valence-corrected chi connectivity index (χ4v) is 4.30. The zero-order chi connectivity index (χ0) is 21.1. The summed E-state index contributed by atoms with van der Waals surface area (Å²) in [5.41, 5.74) is 5.63. The molecule has 1 N–H and O–H groups in total. The minimum Gasteiger partial charge on any atom is -0.366 e. The van der Waals surface area contributed by atoms with Crippen molar-refractivity contribution in [2.24, 2.45) is 0 Å². The van der Waals surface area contributed by atoms with Crippen LogP contribution in [-0.4, -0.2) is 47.0 Å². The Labute approximate surface area is 180 Å². The van der Waals surface area contributed by atoms with E-state index in [1.54, 1.807) is 24.1 Å². The number of aryl methyl sites for hydroxylation is 1. The highest BCUT2D eigenvalue weighted by Gasteiger charge is 2.22. The number of amides is 1. The van der Waals surface area contributed by atoms with E-state index in [9.17, 15) is 4.79 Å². The van der Waals surface area contributed by atoms with Crippen LogP contribution in [0.15, 0.2) is 42.3 Å². The van der Waals surface area contributed by atoms with Gasteiger partial charge in [0.2, 0.25) is 0 Å². The van der Waals surface area contributed by atoms with E-state index in [0.29, 0.717) is 10.8 Å². The molecule has 1 aliphatic rings. The molecular weight excluding hydrogens is 396 g/mol. The molecule has 0 saturated carbocycles. The Morgan fingerprint density at radius 3 is 2.50 bits per heavy atom. The summed E-state index contributed by atoms with van der Waals surface area (Å²) >= 11 is 1.37. The Bertz CT molecular complexity index is 1010. The van der Waals surface area contributed by atoms with E-state index in [2.05, 4.69) is 56.0 Å². The molecule has 0 spiro atoms. The van der Waals surface area contributed by atoms with Crippen molar-refractivity contribution >= 4 is 34.4 Å². The fraction of sp³-hybridized carbons (Fsp3) is 0.364. The molecule has 0 atom stereocenters. The summed E-state index contributed by atoms with van der Waals surface area (Å²) in [5.74, 6) is 1.21. The highest BCUT2D eigenvalue weighted by molar-refractivity contribution is 7.12. The lowest BCUT2D eigenvalue weighted by molar-refractivity contribution is 0.103. The van der Waals surface area contributed by atoms with Gasteiger partial charge in [0.05, 0.1) is 28.8 Å². The number of anilines is 3. The van der Waals surface area contributed by atoms with Crippen LogP contribution in [0.3, 0.4) is 0 Å². The Kier molecular flexibility index (Phi) is 5.94. The first-order valence-electron chi connectivity index (χ1n) is 10.1. The average molecular weight is 423 g/mol. The van der Waals surface area contributed by atoms with Crippen LogP contribution in [0.4, 0.5) is 17.2 Å². The van der Waals surface area contributed by atoms with Gasteiger partial charge in [0, 0.05) is 38.6 Å². The van der Waals surface area contributed by atoms with Gasteiger partial charge in [-0.25, -0.2) is 9.97 Å². The van der Waals surface area contributed by atoms with Crippen molar-refractivity contribution in [1.82, 2.24) is 15.0 Å². The molecule has 8 heteroatoms. The molecule has 1 aliphatic heterocycles. The topological polar surface area (TPSA) is 74.2 Å². The van der Waals surface area contributed by atoms with Crippen LogP contribution in [0.25, 0.3) is 0 Å². The number of aromatic nitrogens is 3. The molecule has 1 aromatic carbocycles. The molecule has 0 unspecified atom stereocenters. The summed E-state index contributed by atoms with van der Waals surface area (Å²) in [7, 11) is 0. The maximum atomic E-state index is 12.8. The summed E-state index contributed by atoms with van der Waals surface area (Å²) in [6.45, 7) is 9.63. The third-order valence-electron chi connectivity index (χ3n) is 5.38. The number of nitrogens with zero attached hydrogens (tertiary/aromatic N) is 5. The lowest BCUT2D eigenvalue weighted by atomic mass is 10.0.